The second kappa shape index (κ2) is 7.71. The average molecular weight is 386 g/mol. The molecular formula is C19H22N4O3S. The molecule has 27 heavy (non-hydrogen) atoms. The lowest BCUT2D eigenvalue weighted by atomic mass is 10.1. The molecule has 0 aliphatic carbocycles. The molecule has 0 amide bonds. The van der Waals surface area contributed by atoms with E-state index < -0.39 is 10.0 Å². The van der Waals surface area contributed by atoms with Crippen LogP contribution in [0.25, 0.3) is 10.9 Å². The Hall–Kier alpha value is -3.00. The van der Waals surface area contributed by atoms with Gasteiger partial charge in [0, 0.05) is 23.6 Å². The monoisotopic (exact) mass is 386 g/mol. The molecule has 0 bridgehead atoms. The molecule has 1 aromatic heterocycles. The van der Waals surface area contributed by atoms with Crippen LogP contribution in [0.3, 0.4) is 0 Å². The average Bonchev–Trinajstić information content (AvgIpc) is 3.04. The van der Waals surface area contributed by atoms with Crippen molar-refractivity contribution >= 4 is 26.9 Å². The predicted octanol–water partition coefficient (Wildman–Crippen LogP) is 2.32. The minimum Gasteiger partial charge on any atom is -0.495 e. The first-order valence-electron chi connectivity index (χ1n) is 8.43. The number of aryl methyl sites for hydroxylation is 1. The summed E-state index contributed by atoms with van der Waals surface area (Å²) in [5.41, 5.74) is 8.74. The Morgan fingerprint density at radius 1 is 1.26 bits per heavy atom. The van der Waals surface area contributed by atoms with E-state index in [0.29, 0.717) is 13.0 Å². The minimum absolute atomic E-state index is 0.0276. The molecule has 8 heteroatoms. The second-order valence-electron chi connectivity index (χ2n) is 6.14. The molecule has 0 radical (unpaired) electrons. The molecule has 3 rings (SSSR count). The summed E-state index contributed by atoms with van der Waals surface area (Å²) in [4.78, 5) is 7.37. The SMILES string of the molecule is COc1ccc(C)cc1S(=O)(=O)NC(N)=NCCc1c[nH]c2ccccc12. The van der Waals surface area contributed by atoms with Gasteiger partial charge in [0.05, 0.1) is 7.11 Å². The normalized spacial score (nSPS) is 12.3. The number of nitrogens with zero attached hydrogens (tertiary/aromatic N) is 1. The number of aliphatic imine (C=N–C) groups is 1. The number of sulfonamides is 1. The molecule has 0 atom stereocenters. The summed E-state index contributed by atoms with van der Waals surface area (Å²) < 4.78 is 32.6. The van der Waals surface area contributed by atoms with Crippen LogP contribution in [0.15, 0.2) is 58.5 Å². The van der Waals surface area contributed by atoms with Crippen molar-refractivity contribution in [1.29, 1.82) is 0 Å². The summed E-state index contributed by atoms with van der Waals surface area (Å²) in [7, 11) is -2.46. The molecule has 0 aliphatic rings. The van der Waals surface area contributed by atoms with E-state index >= 15 is 0 Å². The molecule has 3 aromatic rings. The Morgan fingerprint density at radius 2 is 2.04 bits per heavy atom. The van der Waals surface area contributed by atoms with Crippen LogP contribution in [-0.4, -0.2) is 33.0 Å². The van der Waals surface area contributed by atoms with E-state index in [1.165, 1.54) is 13.2 Å². The molecule has 0 aliphatic heterocycles. The van der Waals surface area contributed by atoms with E-state index in [0.717, 1.165) is 22.0 Å². The van der Waals surface area contributed by atoms with E-state index in [-0.39, 0.29) is 16.6 Å². The van der Waals surface area contributed by atoms with E-state index in [4.69, 9.17) is 10.5 Å². The van der Waals surface area contributed by atoms with Crippen molar-refractivity contribution < 1.29 is 13.2 Å². The maximum absolute atomic E-state index is 12.6. The first-order chi connectivity index (χ1) is 12.9. The van der Waals surface area contributed by atoms with Crippen molar-refractivity contribution in [2.75, 3.05) is 13.7 Å². The first kappa shape index (κ1) is 18.8. The fraction of sp³-hybridized carbons (Fsp3) is 0.211. The molecular weight excluding hydrogens is 364 g/mol. The van der Waals surface area contributed by atoms with Gasteiger partial charge in [-0.25, -0.2) is 13.1 Å². The van der Waals surface area contributed by atoms with Crippen LogP contribution < -0.4 is 15.2 Å². The number of para-hydroxylation sites is 1. The van der Waals surface area contributed by atoms with Crippen LogP contribution in [0.5, 0.6) is 5.75 Å². The van der Waals surface area contributed by atoms with Gasteiger partial charge in [0.25, 0.3) is 10.0 Å². The smallest absolute Gasteiger partial charge is 0.267 e. The Morgan fingerprint density at radius 3 is 2.81 bits per heavy atom. The van der Waals surface area contributed by atoms with Gasteiger partial charge in [-0.05, 0) is 42.7 Å². The molecule has 0 saturated carbocycles. The van der Waals surface area contributed by atoms with Crippen molar-refractivity contribution in [3.63, 3.8) is 0 Å². The summed E-state index contributed by atoms with van der Waals surface area (Å²) in [5, 5.41) is 1.12. The highest BCUT2D eigenvalue weighted by atomic mass is 32.2. The summed E-state index contributed by atoms with van der Waals surface area (Å²) in [6.45, 7) is 2.16. The topological polar surface area (TPSA) is 110 Å². The zero-order valence-corrected chi connectivity index (χ0v) is 16.0. The number of benzene rings is 2. The number of nitrogens with two attached hydrogens (primary N) is 1. The van der Waals surface area contributed by atoms with Gasteiger partial charge in [0.15, 0.2) is 0 Å². The van der Waals surface area contributed by atoms with Gasteiger partial charge in [0.2, 0.25) is 5.96 Å². The summed E-state index contributed by atoms with van der Waals surface area (Å²) in [6, 6.07) is 12.9. The highest BCUT2D eigenvalue weighted by molar-refractivity contribution is 7.90. The molecule has 1 heterocycles. The first-order valence-corrected chi connectivity index (χ1v) is 9.91. The third kappa shape index (κ3) is 4.22. The van der Waals surface area contributed by atoms with Crippen molar-refractivity contribution in [2.24, 2.45) is 10.7 Å². The lowest BCUT2D eigenvalue weighted by Gasteiger charge is -2.11. The molecule has 0 spiro atoms. The number of ether oxygens (including phenoxy) is 1. The number of fused-ring (bicyclic) bond motifs is 1. The molecule has 2 aromatic carbocycles. The number of aromatic nitrogens is 1. The van der Waals surface area contributed by atoms with Crippen molar-refractivity contribution in [3.05, 3.63) is 59.8 Å². The number of aromatic amines is 1. The van der Waals surface area contributed by atoms with Gasteiger partial charge in [-0.1, -0.05) is 24.3 Å². The van der Waals surface area contributed by atoms with Crippen LogP contribution >= 0.6 is 0 Å². The van der Waals surface area contributed by atoms with Gasteiger partial charge >= 0.3 is 0 Å². The minimum atomic E-state index is -3.88. The van der Waals surface area contributed by atoms with Gasteiger partial charge < -0.3 is 15.5 Å². The molecule has 4 N–H and O–H groups in total. The number of rotatable bonds is 6. The number of nitrogens with one attached hydrogen (secondary N) is 2. The Balaban J connectivity index is 1.71. The highest BCUT2D eigenvalue weighted by Crippen LogP contribution is 2.24. The number of hydrogen-bond donors (Lipinski definition) is 3. The largest absolute Gasteiger partial charge is 0.495 e. The van der Waals surface area contributed by atoms with Gasteiger partial charge in [-0.15, -0.1) is 0 Å². The Kier molecular flexibility index (Phi) is 5.36. The Labute approximate surface area is 158 Å². The van der Waals surface area contributed by atoms with E-state index in [9.17, 15) is 8.42 Å². The van der Waals surface area contributed by atoms with Crippen LogP contribution in [-0.2, 0) is 16.4 Å². The summed E-state index contributed by atoms with van der Waals surface area (Å²) in [5.74, 6) is 0.0955. The fourth-order valence-electron chi connectivity index (χ4n) is 2.85. The van der Waals surface area contributed by atoms with Crippen molar-refractivity contribution in [1.82, 2.24) is 9.71 Å². The summed E-state index contributed by atoms with van der Waals surface area (Å²) in [6.07, 6.45) is 2.57. The lowest BCUT2D eigenvalue weighted by molar-refractivity contribution is 0.402. The third-order valence-electron chi connectivity index (χ3n) is 4.19. The lowest BCUT2D eigenvalue weighted by Crippen LogP contribution is -2.37. The van der Waals surface area contributed by atoms with Crippen molar-refractivity contribution in [2.45, 2.75) is 18.2 Å². The zero-order valence-electron chi connectivity index (χ0n) is 15.2. The maximum Gasteiger partial charge on any atom is 0.267 e. The standard InChI is InChI=1S/C19H22N4O3S/c1-13-7-8-17(26-2)18(11-13)27(24,25)23-19(20)21-10-9-14-12-22-16-6-4-3-5-15(14)16/h3-8,11-12,22H,9-10H2,1-2H3,(H3,20,21,23). The van der Waals surface area contributed by atoms with Gasteiger partial charge in [-0.3, -0.25) is 4.99 Å². The number of methoxy groups -OCH3 is 1. The quantitative estimate of drug-likeness (QED) is 0.446. The third-order valence-corrected chi connectivity index (χ3v) is 5.56. The van der Waals surface area contributed by atoms with E-state index in [1.807, 2.05) is 30.5 Å². The number of H-pyrrole nitrogens is 1. The molecule has 0 unspecified atom stereocenters. The molecule has 7 nitrogen and oxygen atoms in total. The van der Waals surface area contributed by atoms with Crippen LogP contribution in [0, 0.1) is 6.92 Å². The molecule has 0 saturated heterocycles. The van der Waals surface area contributed by atoms with E-state index in [2.05, 4.69) is 14.7 Å². The molecule has 142 valence electrons. The maximum atomic E-state index is 12.6. The zero-order chi connectivity index (χ0) is 19.4. The van der Waals surface area contributed by atoms with Gasteiger partial charge in [-0.2, -0.15) is 0 Å². The summed E-state index contributed by atoms with van der Waals surface area (Å²) >= 11 is 0. The predicted molar refractivity (Wildman–Crippen MR) is 107 cm³/mol. The molecule has 0 fully saturated rings. The number of guanidine groups is 1. The van der Waals surface area contributed by atoms with Crippen molar-refractivity contribution in [3.8, 4) is 5.75 Å². The number of hydrogen-bond acceptors (Lipinski definition) is 4. The second-order valence-corrected chi connectivity index (χ2v) is 7.79. The van der Waals surface area contributed by atoms with Gasteiger partial charge in [0.1, 0.15) is 10.6 Å². The van der Waals surface area contributed by atoms with E-state index in [1.54, 1.807) is 19.1 Å². The van der Waals surface area contributed by atoms with Crippen LogP contribution in [0.2, 0.25) is 0 Å². The Bertz CT molecular complexity index is 1090. The van der Waals surface area contributed by atoms with Crippen LogP contribution in [0.4, 0.5) is 0 Å². The van der Waals surface area contributed by atoms with Crippen LogP contribution in [0.1, 0.15) is 11.1 Å². The fourth-order valence-corrected chi connectivity index (χ4v) is 4.06. The highest BCUT2D eigenvalue weighted by Gasteiger charge is 2.20.